The van der Waals surface area contributed by atoms with Gasteiger partial charge >= 0.3 is 6.61 Å². The number of fused-ring (bicyclic) bond motifs is 1. The van der Waals surface area contributed by atoms with E-state index >= 15 is 0 Å². The SMILES string of the molecule is COc1cc(CN(C(=O)CCn2cnc3ccccc3c2=O)C2CC2)ccc1OC(F)F. The molecule has 0 atom stereocenters. The van der Waals surface area contributed by atoms with Gasteiger partial charge in [-0.25, -0.2) is 4.98 Å². The summed E-state index contributed by atoms with van der Waals surface area (Å²) in [5, 5.41) is 0.514. The second kappa shape index (κ2) is 9.33. The number of aryl methyl sites for hydroxylation is 1. The highest BCUT2D eigenvalue weighted by atomic mass is 19.3. The number of nitrogens with zero attached hydrogens (tertiary/aromatic N) is 3. The number of para-hydroxylation sites is 1. The van der Waals surface area contributed by atoms with Gasteiger partial charge in [-0.15, -0.1) is 0 Å². The van der Waals surface area contributed by atoms with Gasteiger partial charge in [-0.05, 0) is 42.7 Å². The van der Waals surface area contributed by atoms with Crippen LogP contribution in [0.5, 0.6) is 11.5 Å². The molecule has 1 fully saturated rings. The number of amides is 1. The van der Waals surface area contributed by atoms with Crippen LogP contribution in [0.4, 0.5) is 8.78 Å². The highest BCUT2D eigenvalue weighted by Gasteiger charge is 2.32. The van der Waals surface area contributed by atoms with Gasteiger partial charge in [0.25, 0.3) is 5.56 Å². The Morgan fingerprint density at radius 3 is 2.72 bits per heavy atom. The van der Waals surface area contributed by atoms with Gasteiger partial charge in [-0.2, -0.15) is 8.78 Å². The van der Waals surface area contributed by atoms with Gasteiger partial charge in [-0.3, -0.25) is 14.2 Å². The number of aromatic nitrogens is 2. The number of carbonyl (C=O) groups excluding carboxylic acids is 1. The van der Waals surface area contributed by atoms with Crippen LogP contribution < -0.4 is 15.0 Å². The van der Waals surface area contributed by atoms with E-state index in [-0.39, 0.29) is 42.0 Å². The molecule has 1 saturated carbocycles. The molecule has 0 bridgehead atoms. The van der Waals surface area contributed by atoms with Crippen LogP contribution in [-0.2, 0) is 17.9 Å². The molecule has 168 valence electrons. The highest BCUT2D eigenvalue weighted by Crippen LogP contribution is 2.33. The van der Waals surface area contributed by atoms with Crippen molar-refractivity contribution in [3.8, 4) is 11.5 Å². The number of hydrogen-bond acceptors (Lipinski definition) is 5. The minimum atomic E-state index is -2.95. The molecule has 1 aliphatic rings. The summed E-state index contributed by atoms with van der Waals surface area (Å²) in [6, 6.07) is 11.9. The molecule has 4 rings (SSSR count). The molecule has 2 aromatic carbocycles. The first-order chi connectivity index (χ1) is 15.5. The Labute approximate surface area is 183 Å². The van der Waals surface area contributed by atoms with Gasteiger partial charge in [0.2, 0.25) is 5.91 Å². The van der Waals surface area contributed by atoms with Gasteiger partial charge in [0.15, 0.2) is 11.5 Å². The van der Waals surface area contributed by atoms with E-state index in [2.05, 4.69) is 9.72 Å². The maximum atomic E-state index is 13.0. The van der Waals surface area contributed by atoms with Crippen LogP contribution in [0.2, 0.25) is 0 Å². The van der Waals surface area contributed by atoms with Gasteiger partial charge < -0.3 is 14.4 Å². The Morgan fingerprint density at radius 1 is 1.22 bits per heavy atom. The average Bonchev–Trinajstić information content (AvgIpc) is 3.62. The predicted molar refractivity (Wildman–Crippen MR) is 114 cm³/mol. The van der Waals surface area contributed by atoms with Crippen LogP contribution >= 0.6 is 0 Å². The molecule has 0 N–H and O–H groups in total. The maximum absolute atomic E-state index is 13.0. The lowest BCUT2D eigenvalue weighted by Crippen LogP contribution is -2.34. The first-order valence-electron chi connectivity index (χ1n) is 10.3. The number of hydrogen-bond donors (Lipinski definition) is 0. The van der Waals surface area contributed by atoms with E-state index < -0.39 is 6.61 Å². The Bertz CT molecular complexity index is 1180. The van der Waals surface area contributed by atoms with Gasteiger partial charge in [-0.1, -0.05) is 18.2 Å². The third-order valence-electron chi connectivity index (χ3n) is 5.40. The minimum Gasteiger partial charge on any atom is -0.493 e. The predicted octanol–water partition coefficient (Wildman–Crippen LogP) is 3.59. The molecule has 0 spiro atoms. The fourth-order valence-corrected chi connectivity index (χ4v) is 3.63. The number of ether oxygens (including phenoxy) is 2. The molecule has 1 heterocycles. The lowest BCUT2D eigenvalue weighted by atomic mass is 10.1. The zero-order chi connectivity index (χ0) is 22.7. The van der Waals surface area contributed by atoms with Gasteiger partial charge in [0.05, 0.1) is 24.3 Å². The number of carbonyl (C=O) groups is 1. The van der Waals surface area contributed by atoms with E-state index in [1.807, 2.05) is 6.07 Å². The van der Waals surface area contributed by atoms with Crippen molar-refractivity contribution in [2.75, 3.05) is 7.11 Å². The van der Waals surface area contributed by atoms with Crippen molar-refractivity contribution < 1.29 is 23.0 Å². The summed E-state index contributed by atoms with van der Waals surface area (Å²) in [7, 11) is 1.37. The van der Waals surface area contributed by atoms with E-state index in [4.69, 9.17) is 4.74 Å². The fourth-order valence-electron chi connectivity index (χ4n) is 3.63. The third-order valence-corrected chi connectivity index (χ3v) is 5.40. The molecular formula is C23H23F2N3O4. The van der Waals surface area contributed by atoms with Crippen LogP contribution in [-0.4, -0.2) is 40.1 Å². The zero-order valence-electron chi connectivity index (χ0n) is 17.5. The topological polar surface area (TPSA) is 73.7 Å². The minimum absolute atomic E-state index is 0.0567. The first kappa shape index (κ1) is 21.7. The van der Waals surface area contributed by atoms with Crippen LogP contribution in [0.1, 0.15) is 24.8 Å². The van der Waals surface area contributed by atoms with Crippen molar-refractivity contribution >= 4 is 16.8 Å². The molecule has 0 radical (unpaired) electrons. The molecule has 32 heavy (non-hydrogen) atoms. The zero-order valence-corrected chi connectivity index (χ0v) is 17.5. The number of rotatable bonds is 9. The molecule has 1 aliphatic carbocycles. The fraction of sp³-hybridized carbons (Fsp3) is 0.348. The lowest BCUT2D eigenvalue weighted by Gasteiger charge is -2.23. The quantitative estimate of drug-likeness (QED) is 0.505. The molecule has 9 heteroatoms. The van der Waals surface area contributed by atoms with E-state index in [9.17, 15) is 18.4 Å². The summed E-state index contributed by atoms with van der Waals surface area (Å²) in [4.78, 5) is 31.7. The standard InChI is InChI=1S/C23H23F2N3O4/c1-31-20-12-15(6-9-19(20)32-23(24)25)13-28(16-7-8-16)21(29)10-11-27-14-26-18-5-3-2-4-17(18)22(27)30/h2-6,9,12,14,16,23H,7-8,10-11,13H2,1H3. The Kier molecular flexibility index (Phi) is 6.34. The summed E-state index contributed by atoms with van der Waals surface area (Å²) < 4.78 is 36.2. The average molecular weight is 443 g/mol. The van der Waals surface area contributed by atoms with Crippen molar-refractivity contribution in [3.05, 3.63) is 64.7 Å². The monoisotopic (exact) mass is 443 g/mol. The van der Waals surface area contributed by atoms with E-state index in [0.29, 0.717) is 17.4 Å². The number of halogens is 2. The molecule has 7 nitrogen and oxygen atoms in total. The Balaban J connectivity index is 1.46. The number of benzene rings is 2. The lowest BCUT2D eigenvalue weighted by molar-refractivity contribution is -0.132. The van der Waals surface area contributed by atoms with Crippen molar-refractivity contribution in [2.24, 2.45) is 0 Å². The number of methoxy groups -OCH3 is 1. The normalized spacial score (nSPS) is 13.4. The van der Waals surface area contributed by atoms with E-state index in [0.717, 1.165) is 18.4 Å². The molecule has 0 unspecified atom stereocenters. The highest BCUT2D eigenvalue weighted by molar-refractivity contribution is 5.78. The van der Waals surface area contributed by atoms with Crippen molar-refractivity contribution in [1.29, 1.82) is 0 Å². The molecule has 0 aliphatic heterocycles. The van der Waals surface area contributed by atoms with Crippen LogP contribution in [0, 0.1) is 0 Å². The molecular weight excluding hydrogens is 420 g/mol. The summed E-state index contributed by atoms with van der Waals surface area (Å²) >= 11 is 0. The van der Waals surface area contributed by atoms with Crippen LogP contribution in [0.25, 0.3) is 10.9 Å². The second-order valence-electron chi connectivity index (χ2n) is 7.63. The molecule has 1 amide bonds. The second-order valence-corrected chi connectivity index (χ2v) is 7.63. The van der Waals surface area contributed by atoms with E-state index in [1.165, 1.54) is 24.1 Å². The smallest absolute Gasteiger partial charge is 0.387 e. The van der Waals surface area contributed by atoms with E-state index in [1.54, 1.807) is 35.2 Å². The van der Waals surface area contributed by atoms with Crippen molar-refractivity contribution in [1.82, 2.24) is 14.5 Å². The molecule has 1 aromatic heterocycles. The van der Waals surface area contributed by atoms with Gasteiger partial charge in [0.1, 0.15) is 0 Å². The first-order valence-corrected chi connectivity index (χ1v) is 10.3. The largest absolute Gasteiger partial charge is 0.493 e. The van der Waals surface area contributed by atoms with Crippen LogP contribution in [0.15, 0.2) is 53.6 Å². The Hall–Kier alpha value is -3.49. The summed E-state index contributed by atoms with van der Waals surface area (Å²) in [5.41, 5.74) is 1.18. The maximum Gasteiger partial charge on any atom is 0.387 e. The Morgan fingerprint density at radius 2 is 2.00 bits per heavy atom. The molecule has 3 aromatic rings. The van der Waals surface area contributed by atoms with Crippen LogP contribution in [0.3, 0.4) is 0 Å². The van der Waals surface area contributed by atoms with Crippen molar-refractivity contribution in [2.45, 2.75) is 45.0 Å². The van der Waals surface area contributed by atoms with Gasteiger partial charge in [0, 0.05) is 25.6 Å². The summed E-state index contributed by atoms with van der Waals surface area (Å²) in [6.45, 7) is -2.41. The summed E-state index contributed by atoms with van der Waals surface area (Å²) in [6.07, 6.45) is 3.44. The third kappa shape index (κ3) is 4.87. The molecule has 0 saturated heterocycles. The number of alkyl halides is 2. The summed E-state index contributed by atoms with van der Waals surface area (Å²) in [5.74, 6) is 0.0398. The van der Waals surface area contributed by atoms with Crippen molar-refractivity contribution in [3.63, 3.8) is 0 Å².